The number of thioether (sulfide) groups is 1. The van der Waals surface area contributed by atoms with Gasteiger partial charge in [0.25, 0.3) is 0 Å². The van der Waals surface area contributed by atoms with Gasteiger partial charge in [0.2, 0.25) is 0 Å². The van der Waals surface area contributed by atoms with Crippen LogP contribution in [0.5, 0.6) is 0 Å². The smallest absolute Gasteiger partial charge is 0.194 e. The van der Waals surface area contributed by atoms with Crippen molar-refractivity contribution in [3.63, 3.8) is 0 Å². The highest BCUT2D eigenvalue weighted by molar-refractivity contribution is 7.99. The van der Waals surface area contributed by atoms with Crippen molar-refractivity contribution >= 4 is 18.0 Å². The molecule has 0 bridgehead atoms. The lowest BCUT2D eigenvalue weighted by molar-refractivity contribution is -0.107. The van der Waals surface area contributed by atoms with E-state index in [1.54, 1.807) is 6.20 Å². The summed E-state index contributed by atoms with van der Waals surface area (Å²) >= 11 is 2.01. The molecule has 0 aliphatic carbocycles. The molecule has 0 saturated carbocycles. The molecule has 3 nitrogen and oxygen atoms in total. The van der Waals surface area contributed by atoms with E-state index in [2.05, 4.69) is 4.98 Å². The third-order valence-corrected chi connectivity index (χ3v) is 3.89. The molecule has 2 rings (SSSR count). The second-order valence-corrected chi connectivity index (χ2v) is 5.03. The van der Waals surface area contributed by atoms with Gasteiger partial charge in [0, 0.05) is 6.42 Å². The van der Waals surface area contributed by atoms with Gasteiger partial charge in [-0.25, -0.2) is 4.98 Å². The highest BCUT2D eigenvalue weighted by atomic mass is 32.2. The van der Waals surface area contributed by atoms with Gasteiger partial charge in [-0.15, -0.1) is 0 Å². The number of aldehydes is 1. The molecule has 1 aromatic rings. The monoisotopic (exact) mass is 225 g/mol. The molecule has 4 heteroatoms. The molecule has 2 heterocycles. The molecule has 15 heavy (non-hydrogen) atoms. The van der Waals surface area contributed by atoms with Crippen LogP contribution in [0.1, 0.15) is 24.5 Å². The zero-order chi connectivity index (χ0) is 10.5. The minimum Gasteiger partial charge on any atom is -0.445 e. The van der Waals surface area contributed by atoms with E-state index in [1.807, 2.05) is 11.8 Å². The SMILES string of the molecule is O=CCc1cnc(CC2CCCSC2)o1. The van der Waals surface area contributed by atoms with Crippen molar-refractivity contribution in [1.29, 1.82) is 0 Å². The second kappa shape index (κ2) is 5.35. The van der Waals surface area contributed by atoms with Crippen LogP contribution in [-0.2, 0) is 17.6 Å². The van der Waals surface area contributed by atoms with Crippen molar-refractivity contribution in [2.75, 3.05) is 11.5 Å². The minimum atomic E-state index is 0.340. The fourth-order valence-corrected chi connectivity index (χ4v) is 2.99. The molecule has 1 atom stereocenters. The lowest BCUT2D eigenvalue weighted by atomic mass is 10.0. The van der Waals surface area contributed by atoms with Gasteiger partial charge in [-0.2, -0.15) is 11.8 Å². The molecular weight excluding hydrogens is 210 g/mol. The van der Waals surface area contributed by atoms with Gasteiger partial charge >= 0.3 is 0 Å². The van der Waals surface area contributed by atoms with Crippen molar-refractivity contribution in [1.82, 2.24) is 4.98 Å². The van der Waals surface area contributed by atoms with E-state index in [9.17, 15) is 4.79 Å². The van der Waals surface area contributed by atoms with E-state index in [0.29, 0.717) is 18.1 Å². The molecule has 1 aromatic heterocycles. The largest absolute Gasteiger partial charge is 0.445 e. The third-order valence-electron chi connectivity index (χ3n) is 2.60. The van der Waals surface area contributed by atoms with Gasteiger partial charge in [0.1, 0.15) is 12.0 Å². The zero-order valence-corrected chi connectivity index (χ0v) is 9.46. The van der Waals surface area contributed by atoms with Crippen molar-refractivity contribution in [3.8, 4) is 0 Å². The molecule has 0 N–H and O–H groups in total. The fraction of sp³-hybridized carbons (Fsp3) is 0.636. The van der Waals surface area contributed by atoms with Gasteiger partial charge in [-0.1, -0.05) is 0 Å². The van der Waals surface area contributed by atoms with Crippen LogP contribution < -0.4 is 0 Å². The first kappa shape index (κ1) is 10.7. The number of aromatic nitrogens is 1. The normalized spacial score (nSPS) is 21.5. The number of nitrogens with zero attached hydrogens (tertiary/aromatic N) is 1. The van der Waals surface area contributed by atoms with E-state index < -0.39 is 0 Å². The summed E-state index contributed by atoms with van der Waals surface area (Å²) in [6.07, 6.45) is 6.36. The van der Waals surface area contributed by atoms with Crippen LogP contribution >= 0.6 is 11.8 Å². The van der Waals surface area contributed by atoms with Crippen LogP contribution in [0.25, 0.3) is 0 Å². The van der Waals surface area contributed by atoms with E-state index >= 15 is 0 Å². The number of rotatable bonds is 4. The number of carbonyl (C=O) groups is 1. The molecule has 1 aliphatic rings. The summed E-state index contributed by atoms with van der Waals surface area (Å²) in [5.74, 6) is 4.68. The van der Waals surface area contributed by atoms with Crippen LogP contribution in [0.15, 0.2) is 10.6 Å². The summed E-state index contributed by atoms with van der Waals surface area (Å²) in [6.45, 7) is 0. The Morgan fingerprint density at radius 1 is 1.67 bits per heavy atom. The summed E-state index contributed by atoms with van der Waals surface area (Å²) < 4.78 is 5.48. The van der Waals surface area contributed by atoms with Gasteiger partial charge in [-0.05, 0) is 30.3 Å². The molecule has 1 unspecified atom stereocenters. The van der Waals surface area contributed by atoms with E-state index in [4.69, 9.17) is 4.42 Å². The van der Waals surface area contributed by atoms with Crippen molar-refractivity contribution in [2.45, 2.75) is 25.7 Å². The molecular formula is C11H15NO2S. The first-order valence-electron chi connectivity index (χ1n) is 5.33. The summed E-state index contributed by atoms with van der Waals surface area (Å²) in [6, 6.07) is 0. The predicted octanol–water partition coefficient (Wildman–Crippen LogP) is 2.10. The lowest BCUT2D eigenvalue weighted by Crippen LogP contribution is -2.13. The van der Waals surface area contributed by atoms with Gasteiger partial charge in [0.05, 0.1) is 12.6 Å². The van der Waals surface area contributed by atoms with Crippen molar-refractivity contribution < 1.29 is 9.21 Å². The second-order valence-electron chi connectivity index (χ2n) is 3.88. The number of hydrogen-bond acceptors (Lipinski definition) is 4. The fourth-order valence-electron chi connectivity index (χ4n) is 1.83. The Balaban J connectivity index is 1.88. The quantitative estimate of drug-likeness (QED) is 0.736. The molecule has 1 saturated heterocycles. The molecule has 82 valence electrons. The average molecular weight is 225 g/mol. The number of hydrogen-bond donors (Lipinski definition) is 0. The summed E-state index contributed by atoms with van der Waals surface area (Å²) in [7, 11) is 0. The van der Waals surface area contributed by atoms with Crippen molar-refractivity contribution in [3.05, 3.63) is 17.8 Å². The maximum atomic E-state index is 10.3. The molecule has 0 amide bonds. The van der Waals surface area contributed by atoms with Gasteiger partial charge in [0.15, 0.2) is 5.89 Å². The molecule has 0 spiro atoms. The highest BCUT2D eigenvalue weighted by Crippen LogP contribution is 2.25. The predicted molar refractivity (Wildman–Crippen MR) is 60.0 cm³/mol. The van der Waals surface area contributed by atoms with Gasteiger partial charge < -0.3 is 9.21 Å². The summed E-state index contributed by atoms with van der Waals surface area (Å²) in [4.78, 5) is 14.5. The Bertz CT molecular complexity index is 318. The Morgan fingerprint density at radius 3 is 3.33 bits per heavy atom. The maximum absolute atomic E-state index is 10.3. The van der Waals surface area contributed by atoms with E-state index in [0.717, 1.165) is 18.6 Å². The van der Waals surface area contributed by atoms with Crippen LogP contribution in [-0.4, -0.2) is 22.8 Å². The zero-order valence-electron chi connectivity index (χ0n) is 8.65. The Hall–Kier alpha value is -0.770. The van der Waals surface area contributed by atoms with E-state index in [1.165, 1.54) is 24.3 Å². The first-order chi connectivity index (χ1) is 7.38. The van der Waals surface area contributed by atoms with Crippen LogP contribution in [0.4, 0.5) is 0 Å². The minimum absolute atomic E-state index is 0.340. The molecule has 1 aliphatic heterocycles. The summed E-state index contributed by atoms with van der Waals surface area (Å²) in [5, 5.41) is 0. The highest BCUT2D eigenvalue weighted by Gasteiger charge is 2.16. The lowest BCUT2D eigenvalue weighted by Gasteiger charge is -2.19. The van der Waals surface area contributed by atoms with Crippen LogP contribution in [0.3, 0.4) is 0 Å². The molecule has 0 aromatic carbocycles. The Kier molecular flexibility index (Phi) is 3.83. The van der Waals surface area contributed by atoms with Gasteiger partial charge in [-0.3, -0.25) is 0 Å². The topological polar surface area (TPSA) is 43.1 Å². The molecule has 0 radical (unpaired) electrons. The summed E-state index contributed by atoms with van der Waals surface area (Å²) in [5.41, 5.74) is 0. The average Bonchev–Trinajstić information content (AvgIpc) is 2.68. The van der Waals surface area contributed by atoms with Crippen molar-refractivity contribution in [2.24, 2.45) is 5.92 Å². The third kappa shape index (κ3) is 3.09. The Labute approximate surface area is 93.6 Å². The van der Waals surface area contributed by atoms with Crippen LogP contribution in [0.2, 0.25) is 0 Å². The standard InChI is InChI=1S/C11H15NO2S/c13-4-3-10-7-12-11(14-10)6-9-2-1-5-15-8-9/h4,7,9H,1-3,5-6,8H2. The number of oxazole rings is 1. The van der Waals surface area contributed by atoms with E-state index in [-0.39, 0.29) is 0 Å². The number of carbonyl (C=O) groups excluding carboxylic acids is 1. The molecule has 1 fully saturated rings. The maximum Gasteiger partial charge on any atom is 0.194 e. The first-order valence-corrected chi connectivity index (χ1v) is 6.49. The van der Waals surface area contributed by atoms with Crippen LogP contribution in [0, 0.1) is 5.92 Å². The Morgan fingerprint density at radius 2 is 2.60 bits per heavy atom.